The van der Waals surface area contributed by atoms with Crippen molar-refractivity contribution < 1.29 is 9.59 Å². The summed E-state index contributed by atoms with van der Waals surface area (Å²) in [7, 11) is 0. The van der Waals surface area contributed by atoms with Crippen LogP contribution in [-0.2, 0) is 11.2 Å². The number of carbonyl (C=O) groups is 2. The lowest BCUT2D eigenvalue weighted by Crippen LogP contribution is -2.33. The zero-order chi connectivity index (χ0) is 18.4. The molecule has 6 nitrogen and oxygen atoms in total. The van der Waals surface area contributed by atoms with Crippen LogP contribution in [0.3, 0.4) is 0 Å². The molecule has 7 heteroatoms. The maximum absolute atomic E-state index is 12.4. The zero-order valence-electron chi connectivity index (χ0n) is 15.0. The van der Waals surface area contributed by atoms with Gasteiger partial charge < -0.3 is 10.2 Å². The minimum Gasteiger partial charge on any atom is -0.342 e. The summed E-state index contributed by atoms with van der Waals surface area (Å²) in [6, 6.07) is 7.25. The van der Waals surface area contributed by atoms with Crippen LogP contribution in [0.1, 0.15) is 36.9 Å². The smallest absolute Gasteiger partial charge is 0.325 e. The Balaban J connectivity index is 1.52. The summed E-state index contributed by atoms with van der Waals surface area (Å²) in [5.74, 6) is 0.118. The predicted octanol–water partition coefficient (Wildman–Crippen LogP) is 4.04. The lowest BCUT2D eigenvalue weighted by molar-refractivity contribution is -0.130. The fourth-order valence-electron chi connectivity index (χ4n) is 3.01. The second-order valence-corrected chi connectivity index (χ2v) is 7.42. The van der Waals surface area contributed by atoms with Gasteiger partial charge in [-0.2, -0.15) is 0 Å². The third-order valence-corrected chi connectivity index (χ3v) is 5.15. The van der Waals surface area contributed by atoms with E-state index < -0.39 is 0 Å². The number of anilines is 2. The molecule has 138 valence electrons. The highest BCUT2D eigenvalue weighted by atomic mass is 32.1. The standard InChI is InChI=1S/C19H24N4O2S/c1-14-7-6-8-15(11-14)20-18(25)22-19-21-16(13-26-19)12-17(24)23-9-4-2-3-5-10-23/h6-8,11,13H,2-5,9-10,12H2,1H3,(H2,20,21,22,25). The van der Waals surface area contributed by atoms with Crippen molar-refractivity contribution in [2.75, 3.05) is 23.7 Å². The molecule has 1 fully saturated rings. The Kier molecular flexibility index (Phi) is 6.22. The molecule has 2 N–H and O–H groups in total. The number of nitrogens with one attached hydrogen (secondary N) is 2. The Morgan fingerprint density at radius 3 is 2.65 bits per heavy atom. The fraction of sp³-hybridized carbons (Fsp3) is 0.421. The minimum absolute atomic E-state index is 0.118. The van der Waals surface area contributed by atoms with Crippen LogP contribution in [0.25, 0.3) is 0 Å². The Bertz CT molecular complexity index is 766. The molecule has 2 heterocycles. The molecular weight excluding hydrogens is 348 g/mol. The maximum atomic E-state index is 12.4. The van der Waals surface area contributed by atoms with E-state index in [0.29, 0.717) is 10.8 Å². The summed E-state index contributed by atoms with van der Waals surface area (Å²) in [5, 5.41) is 7.83. The number of likely N-dealkylation sites (tertiary alicyclic amines) is 1. The minimum atomic E-state index is -0.338. The molecule has 1 aliphatic rings. The lowest BCUT2D eigenvalue weighted by atomic mass is 10.2. The largest absolute Gasteiger partial charge is 0.342 e. The third kappa shape index (κ3) is 5.29. The number of urea groups is 1. The van der Waals surface area contributed by atoms with Gasteiger partial charge in [0.25, 0.3) is 0 Å². The van der Waals surface area contributed by atoms with Crippen molar-refractivity contribution in [1.82, 2.24) is 9.88 Å². The Morgan fingerprint density at radius 2 is 1.92 bits per heavy atom. The summed E-state index contributed by atoms with van der Waals surface area (Å²) < 4.78 is 0. The van der Waals surface area contributed by atoms with E-state index in [1.807, 2.05) is 41.5 Å². The lowest BCUT2D eigenvalue weighted by Gasteiger charge is -2.19. The Morgan fingerprint density at radius 1 is 1.15 bits per heavy atom. The molecule has 3 rings (SSSR count). The van der Waals surface area contributed by atoms with E-state index in [-0.39, 0.29) is 18.4 Å². The quantitative estimate of drug-likeness (QED) is 0.850. The Labute approximate surface area is 157 Å². The molecular formula is C19H24N4O2S. The van der Waals surface area contributed by atoms with Gasteiger partial charge in [0.15, 0.2) is 5.13 Å². The van der Waals surface area contributed by atoms with Gasteiger partial charge >= 0.3 is 6.03 Å². The molecule has 1 aliphatic heterocycles. The van der Waals surface area contributed by atoms with Gasteiger partial charge in [-0.3, -0.25) is 10.1 Å². The van der Waals surface area contributed by atoms with Crippen molar-refractivity contribution in [2.24, 2.45) is 0 Å². The average molecular weight is 372 g/mol. The van der Waals surface area contributed by atoms with Crippen molar-refractivity contribution in [2.45, 2.75) is 39.0 Å². The number of rotatable bonds is 4. The van der Waals surface area contributed by atoms with Crippen LogP contribution in [0.5, 0.6) is 0 Å². The fourth-order valence-corrected chi connectivity index (χ4v) is 3.72. The molecule has 1 aromatic heterocycles. The van der Waals surface area contributed by atoms with Crippen molar-refractivity contribution in [1.29, 1.82) is 0 Å². The number of amides is 3. The molecule has 26 heavy (non-hydrogen) atoms. The first-order valence-corrected chi connectivity index (χ1v) is 9.85. The van der Waals surface area contributed by atoms with Gasteiger partial charge in [0, 0.05) is 24.2 Å². The van der Waals surface area contributed by atoms with Crippen molar-refractivity contribution >= 4 is 34.1 Å². The molecule has 0 spiro atoms. The summed E-state index contributed by atoms with van der Waals surface area (Å²) >= 11 is 1.33. The maximum Gasteiger partial charge on any atom is 0.325 e. The van der Waals surface area contributed by atoms with Crippen LogP contribution >= 0.6 is 11.3 Å². The normalized spacial score (nSPS) is 14.6. The van der Waals surface area contributed by atoms with Crippen LogP contribution < -0.4 is 10.6 Å². The van der Waals surface area contributed by atoms with Gasteiger partial charge in [-0.05, 0) is 37.5 Å². The summed E-state index contributed by atoms with van der Waals surface area (Å²) in [5.41, 5.74) is 2.51. The van der Waals surface area contributed by atoms with Crippen LogP contribution in [0, 0.1) is 6.92 Å². The van der Waals surface area contributed by atoms with E-state index in [2.05, 4.69) is 15.6 Å². The van der Waals surface area contributed by atoms with Crippen molar-refractivity contribution in [3.8, 4) is 0 Å². The number of thiazole rings is 1. The van der Waals surface area contributed by atoms with Crippen molar-refractivity contribution in [3.05, 3.63) is 40.9 Å². The molecule has 0 radical (unpaired) electrons. The second-order valence-electron chi connectivity index (χ2n) is 6.56. The van der Waals surface area contributed by atoms with Gasteiger partial charge in [-0.25, -0.2) is 9.78 Å². The van der Waals surface area contributed by atoms with E-state index in [0.717, 1.165) is 37.2 Å². The molecule has 0 atom stereocenters. The third-order valence-electron chi connectivity index (χ3n) is 4.34. The molecule has 1 aromatic carbocycles. The molecule has 0 bridgehead atoms. The highest BCUT2D eigenvalue weighted by Gasteiger charge is 2.17. The van der Waals surface area contributed by atoms with Crippen LogP contribution in [0.15, 0.2) is 29.6 Å². The van der Waals surface area contributed by atoms with Crippen LogP contribution in [0.4, 0.5) is 15.6 Å². The predicted molar refractivity (Wildman–Crippen MR) is 105 cm³/mol. The number of carbonyl (C=O) groups excluding carboxylic acids is 2. The number of hydrogen-bond donors (Lipinski definition) is 2. The van der Waals surface area contributed by atoms with E-state index in [9.17, 15) is 9.59 Å². The monoisotopic (exact) mass is 372 g/mol. The van der Waals surface area contributed by atoms with E-state index in [1.165, 1.54) is 24.2 Å². The number of hydrogen-bond acceptors (Lipinski definition) is 4. The summed E-state index contributed by atoms with van der Waals surface area (Å²) in [4.78, 5) is 30.8. The Hall–Kier alpha value is -2.41. The van der Waals surface area contributed by atoms with Gasteiger partial charge in [-0.1, -0.05) is 25.0 Å². The van der Waals surface area contributed by atoms with E-state index in [1.54, 1.807) is 0 Å². The molecule has 0 aliphatic carbocycles. The first-order chi connectivity index (χ1) is 12.6. The first kappa shape index (κ1) is 18.4. The molecule has 2 aromatic rings. The SMILES string of the molecule is Cc1cccc(NC(=O)Nc2nc(CC(=O)N3CCCCCC3)cs2)c1. The topological polar surface area (TPSA) is 74.3 Å². The number of aromatic nitrogens is 1. The van der Waals surface area contributed by atoms with Crippen LogP contribution in [0.2, 0.25) is 0 Å². The van der Waals surface area contributed by atoms with E-state index >= 15 is 0 Å². The number of aryl methyl sites for hydroxylation is 1. The van der Waals surface area contributed by atoms with Gasteiger partial charge in [0.1, 0.15) is 0 Å². The zero-order valence-corrected chi connectivity index (χ0v) is 15.8. The number of benzene rings is 1. The number of nitrogens with zero attached hydrogens (tertiary/aromatic N) is 2. The van der Waals surface area contributed by atoms with Gasteiger partial charge in [0.2, 0.25) is 5.91 Å². The molecule has 3 amide bonds. The molecule has 0 saturated carbocycles. The molecule has 0 unspecified atom stereocenters. The van der Waals surface area contributed by atoms with Gasteiger partial charge in [0.05, 0.1) is 12.1 Å². The highest BCUT2D eigenvalue weighted by Crippen LogP contribution is 2.18. The van der Waals surface area contributed by atoms with Gasteiger partial charge in [-0.15, -0.1) is 11.3 Å². The van der Waals surface area contributed by atoms with Crippen molar-refractivity contribution in [3.63, 3.8) is 0 Å². The van der Waals surface area contributed by atoms with Crippen LogP contribution in [-0.4, -0.2) is 34.9 Å². The average Bonchev–Trinajstić information content (AvgIpc) is 2.86. The van der Waals surface area contributed by atoms with E-state index in [4.69, 9.17) is 0 Å². The summed E-state index contributed by atoms with van der Waals surface area (Å²) in [6.07, 6.45) is 4.84. The first-order valence-electron chi connectivity index (χ1n) is 8.97. The summed E-state index contributed by atoms with van der Waals surface area (Å²) in [6.45, 7) is 3.65. The molecule has 1 saturated heterocycles. The second kappa shape index (κ2) is 8.80. The highest BCUT2D eigenvalue weighted by molar-refractivity contribution is 7.14.